The average molecular weight is 422 g/mol. The number of amides is 1. The summed E-state index contributed by atoms with van der Waals surface area (Å²) in [5, 5.41) is 3.18. The molecule has 0 bridgehead atoms. The van der Waals surface area contributed by atoms with Crippen LogP contribution in [0.2, 0.25) is 0 Å². The molecule has 0 saturated carbocycles. The molecule has 0 spiro atoms. The monoisotopic (exact) mass is 421 g/mol. The number of nitrogens with zero attached hydrogens (tertiary/aromatic N) is 2. The smallest absolute Gasteiger partial charge is 0.251 e. The molecule has 3 rings (SSSR count). The summed E-state index contributed by atoms with van der Waals surface area (Å²) in [6.45, 7) is 12.2. The van der Waals surface area contributed by atoms with Crippen molar-refractivity contribution in [3.8, 4) is 0 Å². The van der Waals surface area contributed by atoms with Crippen LogP contribution in [0.5, 0.6) is 0 Å². The lowest BCUT2D eigenvalue weighted by Gasteiger charge is -2.30. The zero-order valence-electron chi connectivity index (χ0n) is 18.1. The molecule has 30 heavy (non-hydrogen) atoms. The first kappa shape index (κ1) is 22.2. The predicted octanol–water partition coefficient (Wildman–Crippen LogP) is 5.22. The molecule has 158 valence electrons. The van der Waals surface area contributed by atoms with Crippen molar-refractivity contribution >= 4 is 17.2 Å². The highest BCUT2D eigenvalue weighted by molar-refractivity contribution is 7.09. The molecule has 0 saturated heterocycles. The van der Waals surface area contributed by atoms with Gasteiger partial charge in [-0.25, -0.2) is 0 Å². The predicted molar refractivity (Wildman–Crippen MR) is 125 cm³/mol. The molecule has 2 aromatic rings. The average Bonchev–Trinajstić information content (AvgIpc) is 3.15. The maximum Gasteiger partial charge on any atom is 0.251 e. The number of hydrogen-bond donors (Lipinski definition) is 1. The van der Waals surface area contributed by atoms with Crippen LogP contribution in [-0.4, -0.2) is 28.9 Å². The van der Waals surface area contributed by atoms with E-state index in [4.69, 9.17) is 0 Å². The van der Waals surface area contributed by atoms with Gasteiger partial charge in [-0.05, 0) is 62.4 Å². The summed E-state index contributed by atoms with van der Waals surface area (Å²) < 4.78 is 0. The van der Waals surface area contributed by atoms with Crippen LogP contribution < -0.4 is 5.32 Å². The molecular formula is C25H31N3OS. The van der Waals surface area contributed by atoms with Crippen LogP contribution in [0.25, 0.3) is 0 Å². The molecule has 4 nitrogen and oxygen atoms in total. The first-order valence-corrected chi connectivity index (χ1v) is 11.4. The Morgan fingerprint density at radius 1 is 1.33 bits per heavy atom. The Morgan fingerprint density at radius 3 is 2.77 bits per heavy atom. The highest BCUT2D eigenvalue weighted by atomic mass is 32.1. The molecule has 1 aromatic heterocycles. The molecule has 1 unspecified atom stereocenters. The molecule has 0 aliphatic carbocycles. The first-order chi connectivity index (χ1) is 14.5. The van der Waals surface area contributed by atoms with Gasteiger partial charge in [-0.15, -0.1) is 11.3 Å². The molecule has 1 atom stereocenters. The minimum Gasteiger partial charge on any atom is -0.350 e. The topological polar surface area (TPSA) is 45.2 Å². The summed E-state index contributed by atoms with van der Waals surface area (Å²) in [6, 6.07) is 8.78. The van der Waals surface area contributed by atoms with Crippen LogP contribution >= 0.6 is 11.3 Å². The number of aryl methyl sites for hydroxylation is 1. The second-order valence-corrected chi connectivity index (χ2v) is 8.73. The second-order valence-electron chi connectivity index (χ2n) is 7.81. The van der Waals surface area contributed by atoms with Crippen molar-refractivity contribution in [1.82, 2.24) is 15.2 Å². The van der Waals surface area contributed by atoms with Crippen LogP contribution in [0.4, 0.5) is 0 Å². The third-order valence-electron chi connectivity index (χ3n) is 5.52. The molecule has 0 fully saturated rings. The Hall–Kier alpha value is -2.50. The Balaban J connectivity index is 1.81. The van der Waals surface area contributed by atoms with Crippen molar-refractivity contribution in [2.24, 2.45) is 0 Å². The van der Waals surface area contributed by atoms with E-state index < -0.39 is 0 Å². The van der Waals surface area contributed by atoms with E-state index >= 15 is 0 Å². The van der Waals surface area contributed by atoms with E-state index in [0.717, 1.165) is 37.1 Å². The molecular weight excluding hydrogens is 390 g/mol. The van der Waals surface area contributed by atoms with Crippen molar-refractivity contribution in [2.75, 3.05) is 13.1 Å². The normalized spacial score (nSPS) is 16.5. The van der Waals surface area contributed by atoms with E-state index in [1.54, 1.807) is 11.3 Å². The summed E-state index contributed by atoms with van der Waals surface area (Å²) in [4.78, 5) is 21.0. The van der Waals surface area contributed by atoms with Gasteiger partial charge in [0.25, 0.3) is 5.91 Å². The summed E-state index contributed by atoms with van der Waals surface area (Å²) in [7, 11) is 0. The lowest BCUT2D eigenvalue weighted by molar-refractivity contribution is -0.117. The first-order valence-electron chi connectivity index (χ1n) is 10.5. The number of nitrogens with one attached hydrogen (secondary N) is 1. The molecule has 5 heteroatoms. The highest BCUT2D eigenvalue weighted by Gasteiger charge is 2.26. The SMILES string of the molecule is C=C(C)/C(C(=O)NCC(c1cncs1)N1CCCc2ccccc2C1)=C(C)\C=C/C. The maximum atomic E-state index is 13.0. The minimum atomic E-state index is -0.0668. The third-order valence-corrected chi connectivity index (χ3v) is 6.40. The van der Waals surface area contributed by atoms with Crippen LogP contribution in [-0.2, 0) is 17.8 Å². The van der Waals surface area contributed by atoms with Gasteiger partial charge in [-0.3, -0.25) is 14.7 Å². The van der Waals surface area contributed by atoms with Gasteiger partial charge in [0, 0.05) is 29.7 Å². The van der Waals surface area contributed by atoms with Crippen molar-refractivity contribution in [2.45, 2.75) is 46.2 Å². The van der Waals surface area contributed by atoms with Gasteiger partial charge in [-0.2, -0.15) is 0 Å². The maximum absolute atomic E-state index is 13.0. The van der Waals surface area contributed by atoms with E-state index in [2.05, 4.69) is 46.0 Å². The number of hydrogen-bond acceptors (Lipinski definition) is 4. The fourth-order valence-corrected chi connectivity index (χ4v) is 4.87. The van der Waals surface area contributed by atoms with E-state index in [9.17, 15) is 4.79 Å². The number of fused-ring (bicyclic) bond motifs is 1. The molecule has 1 aromatic carbocycles. The lowest BCUT2D eigenvalue weighted by Crippen LogP contribution is -2.38. The number of aromatic nitrogens is 1. The summed E-state index contributed by atoms with van der Waals surface area (Å²) >= 11 is 1.65. The van der Waals surface area contributed by atoms with E-state index in [1.807, 2.05) is 44.6 Å². The van der Waals surface area contributed by atoms with Gasteiger partial charge in [0.15, 0.2) is 0 Å². The zero-order chi connectivity index (χ0) is 21.5. The standard InChI is InChI=1S/C25H31N3OS/c1-5-9-19(4)24(18(2)3)25(29)27-14-22(23-15-26-17-30-23)28-13-8-12-20-10-6-7-11-21(20)16-28/h5-7,9-11,15,17,22H,2,8,12-14,16H2,1,3-4H3,(H,27,29)/b9-5-,24-19+. The molecule has 1 amide bonds. The fraction of sp³-hybridized carbons (Fsp3) is 0.360. The van der Waals surface area contributed by atoms with E-state index in [0.29, 0.717) is 12.1 Å². The fourth-order valence-electron chi connectivity index (χ4n) is 4.11. The van der Waals surface area contributed by atoms with E-state index in [-0.39, 0.29) is 11.9 Å². The van der Waals surface area contributed by atoms with Crippen molar-refractivity contribution in [3.63, 3.8) is 0 Å². The molecule has 1 aliphatic rings. The molecule has 1 aliphatic heterocycles. The van der Waals surface area contributed by atoms with Crippen molar-refractivity contribution in [1.29, 1.82) is 0 Å². The Labute approximate surface area is 184 Å². The summed E-state index contributed by atoms with van der Waals surface area (Å²) in [6.07, 6.45) is 8.03. The molecule has 2 heterocycles. The quantitative estimate of drug-likeness (QED) is 0.493. The minimum absolute atomic E-state index is 0.0668. The Kier molecular flexibility index (Phi) is 7.77. The number of benzene rings is 1. The van der Waals surface area contributed by atoms with Crippen LogP contribution in [0.1, 0.15) is 49.2 Å². The van der Waals surface area contributed by atoms with Gasteiger partial charge >= 0.3 is 0 Å². The number of rotatable bonds is 7. The van der Waals surface area contributed by atoms with Gasteiger partial charge in [0.05, 0.1) is 11.6 Å². The molecule has 0 radical (unpaired) electrons. The summed E-state index contributed by atoms with van der Waals surface area (Å²) in [5.41, 5.74) is 7.05. The van der Waals surface area contributed by atoms with Gasteiger partial charge in [0.1, 0.15) is 0 Å². The lowest BCUT2D eigenvalue weighted by atomic mass is 10.0. The van der Waals surface area contributed by atoms with Crippen molar-refractivity contribution in [3.05, 3.63) is 87.4 Å². The van der Waals surface area contributed by atoms with Crippen molar-refractivity contribution < 1.29 is 4.79 Å². The number of allylic oxidation sites excluding steroid dienone is 3. The van der Waals surface area contributed by atoms with Gasteiger partial charge in [-0.1, -0.05) is 43.0 Å². The van der Waals surface area contributed by atoms with Crippen LogP contribution in [0.3, 0.4) is 0 Å². The Bertz CT molecular complexity index is 943. The number of carbonyl (C=O) groups excluding carboxylic acids is 1. The van der Waals surface area contributed by atoms with E-state index in [1.165, 1.54) is 16.0 Å². The third kappa shape index (κ3) is 5.35. The van der Waals surface area contributed by atoms with Gasteiger partial charge < -0.3 is 5.32 Å². The number of carbonyl (C=O) groups is 1. The molecule has 1 N–H and O–H groups in total. The summed E-state index contributed by atoms with van der Waals surface area (Å²) in [5.74, 6) is -0.0668. The van der Waals surface area contributed by atoms with Crippen LogP contribution in [0.15, 0.2) is 71.4 Å². The van der Waals surface area contributed by atoms with Crippen LogP contribution in [0, 0.1) is 0 Å². The highest BCUT2D eigenvalue weighted by Crippen LogP contribution is 2.29. The second kappa shape index (κ2) is 10.5. The largest absolute Gasteiger partial charge is 0.350 e. The number of thiazole rings is 1. The Morgan fingerprint density at radius 2 is 2.10 bits per heavy atom. The van der Waals surface area contributed by atoms with Gasteiger partial charge in [0.2, 0.25) is 0 Å². The zero-order valence-corrected chi connectivity index (χ0v) is 19.0.